The summed E-state index contributed by atoms with van der Waals surface area (Å²) in [5.41, 5.74) is 2.40. The summed E-state index contributed by atoms with van der Waals surface area (Å²) in [4.78, 5) is 25.8. The monoisotopic (exact) mass is 416 g/mol. The van der Waals surface area contributed by atoms with Crippen molar-refractivity contribution >= 4 is 57.9 Å². The van der Waals surface area contributed by atoms with Crippen LogP contribution in [-0.2, 0) is 4.79 Å². The molecule has 0 radical (unpaired) electrons. The fraction of sp³-hybridized carbons (Fsp3) is 0.100. The number of benzene rings is 2. The fourth-order valence-electron chi connectivity index (χ4n) is 2.30. The molecule has 0 aliphatic heterocycles. The lowest BCUT2D eigenvalue weighted by Crippen LogP contribution is -2.14. The average molecular weight is 417 g/mol. The lowest BCUT2D eigenvalue weighted by Gasteiger charge is -2.09. The standard InChI is InChI=1S/C20H17ClN2O2S2/c1-13-4-5-14(21)11-17(13)23-19(24)12-27-16-8-6-15(7-9-16)22-20(25)18-3-2-10-26-18/h2-11H,12H2,1H3,(H,22,25)(H,23,24). The Morgan fingerprint density at radius 2 is 1.85 bits per heavy atom. The third-order valence-corrected chi connectivity index (χ3v) is 5.82. The van der Waals surface area contributed by atoms with Crippen molar-refractivity contribution in [1.29, 1.82) is 0 Å². The van der Waals surface area contributed by atoms with Crippen molar-refractivity contribution < 1.29 is 9.59 Å². The van der Waals surface area contributed by atoms with Crippen molar-refractivity contribution in [1.82, 2.24) is 0 Å². The molecule has 0 bridgehead atoms. The molecule has 0 fully saturated rings. The molecule has 4 nitrogen and oxygen atoms in total. The van der Waals surface area contributed by atoms with Crippen LogP contribution < -0.4 is 10.6 Å². The van der Waals surface area contributed by atoms with Gasteiger partial charge >= 0.3 is 0 Å². The van der Waals surface area contributed by atoms with Crippen molar-refractivity contribution in [2.45, 2.75) is 11.8 Å². The molecule has 1 aromatic heterocycles. The van der Waals surface area contributed by atoms with E-state index < -0.39 is 0 Å². The maximum atomic E-state index is 12.2. The smallest absolute Gasteiger partial charge is 0.265 e. The van der Waals surface area contributed by atoms with Crippen LogP contribution in [0.4, 0.5) is 11.4 Å². The number of nitrogens with one attached hydrogen (secondary N) is 2. The van der Waals surface area contributed by atoms with Crippen LogP contribution >= 0.6 is 34.7 Å². The number of thioether (sulfide) groups is 1. The summed E-state index contributed by atoms with van der Waals surface area (Å²) in [6.07, 6.45) is 0. The normalized spacial score (nSPS) is 10.4. The molecule has 2 aromatic carbocycles. The van der Waals surface area contributed by atoms with Crippen LogP contribution in [-0.4, -0.2) is 17.6 Å². The van der Waals surface area contributed by atoms with E-state index in [0.717, 1.165) is 21.8 Å². The number of rotatable bonds is 6. The predicted molar refractivity (Wildman–Crippen MR) is 114 cm³/mol. The van der Waals surface area contributed by atoms with Crippen LogP contribution in [0.1, 0.15) is 15.2 Å². The lowest BCUT2D eigenvalue weighted by molar-refractivity contribution is -0.113. The fourth-order valence-corrected chi connectivity index (χ4v) is 3.79. The SMILES string of the molecule is Cc1ccc(Cl)cc1NC(=O)CSc1ccc(NC(=O)c2cccs2)cc1. The summed E-state index contributed by atoms with van der Waals surface area (Å²) in [6.45, 7) is 1.92. The van der Waals surface area contributed by atoms with Crippen LogP contribution in [0.5, 0.6) is 0 Å². The first-order chi connectivity index (χ1) is 13.0. The van der Waals surface area contributed by atoms with Gasteiger partial charge in [-0.3, -0.25) is 9.59 Å². The number of hydrogen-bond donors (Lipinski definition) is 2. The molecular weight excluding hydrogens is 400 g/mol. The minimum absolute atomic E-state index is 0.0968. The highest BCUT2D eigenvalue weighted by molar-refractivity contribution is 8.00. The van der Waals surface area contributed by atoms with E-state index in [4.69, 9.17) is 11.6 Å². The highest BCUT2D eigenvalue weighted by Gasteiger charge is 2.08. The van der Waals surface area contributed by atoms with Gasteiger partial charge in [0.25, 0.3) is 5.91 Å². The molecule has 7 heteroatoms. The molecule has 0 unspecified atom stereocenters. The summed E-state index contributed by atoms with van der Waals surface area (Å²) in [6, 6.07) is 16.4. The van der Waals surface area contributed by atoms with E-state index in [2.05, 4.69) is 10.6 Å². The number of amides is 2. The average Bonchev–Trinajstić information content (AvgIpc) is 3.19. The van der Waals surface area contributed by atoms with E-state index in [1.54, 1.807) is 18.2 Å². The van der Waals surface area contributed by atoms with E-state index in [1.807, 2.05) is 48.7 Å². The van der Waals surface area contributed by atoms with Crippen molar-refractivity contribution in [2.24, 2.45) is 0 Å². The van der Waals surface area contributed by atoms with Gasteiger partial charge in [-0.1, -0.05) is 23.7 Å². The van der Waals surface area contributed by atoms with E-state index in [1.165, 1.54) is 23.1 Å². The zero-order valence-corrected chi connectivity index (χ0v) is 16.9. The first-order valence-corrected chi connectivity index (χ1v) is 10.4. The molecular formula is C20H17ClN2O2S2. The second kappa shape index (κ2) is 9.08. The Balaban J connectivity index is 1.51. The second-order valence-corrected chi connectivity index (χ2v) is 8.18. The molecule has 0 aliphatic carbocycles. The van der Waals surface area contributed by atoms with Gasteiger partial charge < -0.3 is 10.6 Å². The third-order valence-electron chi connectivity index (χ3n) is 3.70. The van der Waals surface area contributed by atoms with E-state index in [0.29, 0.717) is 9.90 Å². The molecule has 0 saturated heterocycles. The summed E-state index contributed by atoms with van der Waals surface area (Å²) < 4.78 is 0. The Hall–Kier alpha value is -2.28. The summed E-state index contributed by atoms with van der Waals surface area (Å²) in [5, 5.41) is 8.18. The number of carbonyl (C=O) groups excluding carboxylic acids is 2. The summed E-state index contributed by atoms with van der Waals surface area (Å²) in [5.74, 6) is 0.0643. The van der Waals surface area contributed by atoms with Crippen LogP contribution in [0.15, 0.2) is 64.9 Å². The Morgan fingerprint density at radius 3 is 2.56 bits per heavy atom. The molecule has 27 heavy (non-hydrogen) atoms. The number of hydrogen-bond acceptors (Lipinski definition) is 4. The van der Waals surface area contributed by atoms with Crippen molar-refractivity contribution in [3.05, 3.63) is 75.4 Å². The van der Waals surface area contributed by atoms with Gasteiger partial charge in [-0.05, 0) is 60.3 Å². The van der Waals surface area contributed by atoms with Crippen molar-refractivity contribution in [3.8, 4) is 0 Å². The minimum Gasteiger partial charge on any atom is -0.325 e. The van der Waals surface area contributed by atoms with Crippen LogP contribution in [0.3, 0.4) is 0 Å². The van der Waals surface area contributed by atoms with Gasteiger partial charge in [0.15, 0.2) is 0 Å². The Labute approximate surface area is 170 Å². The molecule has 3 rings (SSSR count). The second-order valence-electron chi connectivity index (χ2n) is 5.75. The highest BCUT2D eigenvalue weighted by atomic mass is 35.5. The maximum Gasteiger partial charge on any atom is 0.265 e. The van der Waals surface area contributed by atoms with Crippen molar-refractivity contribution in [3.63, 3.8) is 0 Å². The number of anilines is 2. The molecule has 1 heterocycles. The molecule has 0 atom stereocenters. The van der Waals surface area contributed by atoms with Gasteiger partial charge in [0.2, 0.25) is 5.91 Å². The van der Waals surface area contributed by atoms with Gasteiger partial charge in [0, 0.05) is 21.3 Å². The quantitative estimate of drug-likeness (QED) is 0.507. The number of carbonyl (C=O) groups is 2. The van der Waals surface area contributed by atoms with Gasteiger partial charge in [-0.2, -0.15) is 0 Å². The Kier molecular flexibility index (Phi) is 6.55. The number of halogens is 1. The van der Waals surface area contributed by atoms with Gasteiger partial charge in [0.05, 0.1) is 10.6 Å². The minimum atomic E-state index is -0.123. The van der Waals surface area contributed by atoms with Gasteiger partial charge in [-0.15, -0.1) is 23.1 Å². The highest BCUT2D eigenvalue weighted by Crippen LogP contribution is 2.23. The van der Waals surface area contributed by atoms with E-state index in [9.17, 15) is 9.59 Å². The maximum absolute atomic E-state index is 12.2. The first-order valence-electron chi connectivity index (χ1n) is 8.15. The Morgan fingerprint density at radius 1 is 1.07 bits per heavy atom. The molecule has 2 N–H and O–H groups in total. The van der Waals surface area contributed by atoms with Crippen LogP contribution in [0.25, 0.3) is 0 Å². The largest absolute Gasteiger partial charge is 0.325 e. The van der Waals surface area contributed by atoms with Crippen LogP contribution in [0, 0.1) is 6.92 Å². The first kappa shape index (κ1) is 19.5. The zero-order chi connectivity index (χ0) is 19.2. The van der Waals surface area contributed by atoms with E-state index >= 15 is 0 Å². The van der Waals surface area contributed by atoms with Crippen molar-refractivity contribution in [2.75, 3.05) is 16.4 Å². The predicted octanol–water partition coefficient (Wildman–Crippen LogP) is 5.69. The molecule has 2 amide bonds. The zero-order valence-electron chi connectivity index (χ0n) is 14.5. The number of thiophene rings is 1. The molecule has 0 spiro atoms. The molecule has 0 saturated carbocycles. The lowest BCUT2D eigenvalue weighted by atomic mass is 10.2. The molecule has 0 aliphatic rings. The summed E-state index contributed by atoms with van der Waals surface area (Å²) >= 11 is 8.80. The number of aryl methyl sites for hydroxylation is 1. The van der Waals surface area contributed by atoms with Gasteiger partial charge in [-0.25, -0.2) is 0 Å². The van der Waals surface area contributed by atoms with Gasteiger partial charge in [0.1, 0.15) is 0 Å². The Bertz CT molecular complexity index is 941. The molecule has 138 valence electrons. The van der Waals surface area contributed by atoms with E-state index in [-0.39, 0.29) is 17.6 Å². The van der Waals surface area contributed by atoms with Crippen LogP contribution in [0.2, 0.25) is 5.02 Å². The topological polar surface area (TPSA) is 58.2 Å². The summed E-state index contributed by atoms with van der Waals surface area (Å²) in [7, 11) is 0. The molecule has 3 aromatic rings. The third kappa shape index (κ3) is 5.60.